The van der Waals surface area contributed by atoms with Gasteiger partial charge in [-0.25, -0.2) is 4.79 Å². The van der Waals surface area contributed by atoms with Crippen molar-refractivity contribution in [2.45, 2.75) is 38.1 Å². The molecule has 0 aromatic heterocycles. The number of hydrogen-bond acceptors (Lipinski definition) is 8. The molecule has 2 aromatic carbocycles. The van der Waals surface area contributed by atoms with Crippen LogP contribution >= 0.6 is 0 Å². The lowest BCUT2D eigenvalue weighted by molar-refractivity contribution is -0.192. The SMILES string of the molecule is Cc1ccc(NS(=O)(=O)N[C@@H](CNC(=O)CC2CC(c3ccc(C(=N)N)cc3)=NO2)C(=O)O)cc1.O=C(O)C(F)(F)F. The van der Waals surface area contributed by atoms with Gasteiger partial charge in [-0.1, -0.05) is 47.1 Å². The van der Waals surface area contributed by atoms with Crippen molar-refractivity contribution in [3.8, 4) is 0 Å². The lowest BCUT2D eigenvalue weighted by atomic mass is 10.0. The van der Waals surface area contributed by atoms with E-state index in [1.54, 1.807) is 48.5 Å². The number of aliphatic carboxylic acids is 2. The zero-order valence-electron chi connectivity index (χ0n) is 21.8. The molecule has 1 heterocycles. The molecule has 3 rings (SSSR count). The van der Waals surface area contributed by atoms with Gasteiger partial charge in [0.15, 0.2) is 0 Å². The number of anilines is 1. The lowest BCUT2D eigenvalue weighted by Gasteiger charge is -2.17. The molecule has 228 valence electrons. The number of alkyl halides is 3. The first-order valence-electron chi connectivity index (χ1n) is 11.8. The fourth-order valence-corrected chi connectivity index (χ4v) is 4.28. The number of nitrogen functional groups attached to an aromatic ring is 1. The molecule has 0 radical (unpaired) electrons. The normalized spacial score (nSPS) is 15.2. The highest BCUT2D eigenvalue weighted by atomic mass is 32.2. The Kier molecular flexibility index (Phi) is 11.4. The third kappa shape index (κ3) is 11.0. The van der Waals surface area contributed by atoms with Crippen LogP contribution < -0.4 is 20.5 Å². The summed E-state index contributed by atoms with van der Waals surface area (Å²) in [6, 6.07) is 11.8. The van der Waals surface area contributed by atoms with Crippen LogP contribution in [-0.2, 0) is 29.4 Å². The van der Waals surface area contributed by atoms with E-state index in [2.05, 4.69) is 15.2 Å². The molecule has 8 N–H and O–H groups in total. The summed E-state index contributed by atoms with van der Waals surface area (Å²) in [5.41, 5.74) is 8.59. The van der Waals surface area contributed by atoms with E-state index >= 15 is 0 Å². The molecule has 2 aromatic rings. The summed E-state index contributed by atoms with van der Waals surface area (Å²) >= 11 is 0. The highest BCUT2D eigenvalue weighted by Gasteiger charge is 2.38. The second kappa shape index (κ2) is 14.3. The average Bonchev–Trinajstić information content (AvgIpc) is 3.35. The van der Waals surface area contributed by atoms with Crippen LogP contribution in [0, 0.1) is 12.3 Å². The number of benzene rings is 2. The summed E-state index contributed by atoms with van der Waals surface area (Å²) in [5.74, 6) is -4.78. The molecule has 1 aliphatic rings. The minimum absolute atomic E-state index is 0.0522. The van der Waals surface area contributed by atoms with Gasteiger partial charge in [0.25, 0.3) is 10.2 Å². The van der Waals surface area contributed by atoms with Gasteiger partial charge in [0.05, 0.1) is 12.1 Å². The first kappa shape index (κ1) is 33.5. The van der Waals surface area contributed by atoms with Gasteiger partial charge in [0.1, 0.15) is 18.0 Å². The molecule has 42 heavy (non-hydrogen) atoms. The van der Waals surface area contributed by atoms with E-state index in [1.807, 2.05) is 11.6 Å². The van der Waals surface area contributed by atoms with Crippen molar-refractivity contribution in [3.05, 3.63) is 65.2 Å². The Hall–Kier alpha value is -4.71. The number of carbonyl (C=O) groups excluding carboxylic acids is 1. The van der Waals surface area contributed by atoms with E-state index in [-0.39, 0.29) is 17.9 Å². The molecule has 14 nitrogen and oxygen atoms in total. The molecule has 0 saturated heterocycles. The molecule has 0 fully saturated rings. The summed E-state index contributed by atoms with van der Waals surface area (Å²) in [5, 5.41) is 30.3. The van der Waals surface area contributed by atoms with Crippen molar-refractivity contribution in [1.29, 1.82) is 5.41 Å². The number of halogens is 3. The molecule has 1 amide bonds. The van der Waals surface area contributed by atoms with Gasteiger partial charge >= 0.3 is 18.1 Å². The number of amidine groups is 1. The predicted molar refractivity (Wildman–Crippen MR) is 143 cm³/mol. The maximum Gasteiger partial charge on any atom is 0.490 e. The molecule has 0 saturated carbocycles. The smallest absolute Gasteiger partial charge is 0.480 e. The topological polar surface area (TPSA) is 233 Å². The molecule has 0 bridgehead atoms. The Bertz CT molecular complexity index is 1430. The average molecular weight is 617 g/mol. The van der Waals surface area contributed by atoms with Crippen LogP contribution in [0.5, 0.6) is 0 Å². The van der Waals surface area contributed by atoms with E-state index in [0.29, 0.717) is 17.7 Å². The van der Waals surface area contributed by atoms with E-state index in [4.69, 9.17) is 25.9 Å². The Labute approximate surface area is 237 Å². The van der Waals surface area contributed by atoms with Crippen molar-refractivity contribution < 1.29 is 51.0 Å². The van der Waals surface area contributed by atoms with Gasteiger partial charge < -0.3 is 26.1 Å². The van der Waals surface area contributed by atoms with E-state index < -0.39 is 52.9 Å². The number of nitrogens with zero attached hydrogens (tertiary/aromatic N) is 1. The van der Waals surface area contributed by atoms with Crippen molar-refractivity contribution in [3.63, 3.8) is 0 Å². The largest absolute Gasteiger partial charge is 0.490 e. The quantitative estimate of drug-likeness (QED) is 0.142. The Balaban J connectivity index is 0.000000782. The van der Waals surface area contributed by atoms with E-state index in [9.17, 15) is 36.3 Å². The van der Waals surface area contributed by atoms with Crippen molar-refractivity contribution in [2.75, 3.05) is 11.3 Å². The van der Waals surface area contributed by atoms with E-state index in [0.717, 1.165) is 11.1 Å². The van der Waals surface area contributed by atoms with Crippen LogP contribution in [0.2, 0.25) is 0 Å². The number of nitrogens with one attached hydrogen (secondary N) is 4. The maximum absolute atomic E-state index is 12.3. The summed E-state index contributed by atoms with van der Waals surface area (Å²) in [6.07, 6.45) is -5.39. The minimum atomic E-state index is -5.08. The number of nitrogens with two attached hydrogens (primary N) is 1. The number of oxime groups is 1. The van der Waals surface area contributed by atoms with Crippen LogP contribution in [0.15, 0.2) is 53.7 Å². The van der Waals surface area contributed by atoms with Gasteiger partial charge in [-0.2, -0.15) is 26.3 Å². The molecule has 1 unspecified atom stereocenters. The number of rotatable bonds is 11. The number of amides is 1. The minimum Gasteiger partial charge on any atom is -0.480 e. The second-order valence-corrected chi connectivity index (χ2v) is 10.2. The van der Waals surface area contributed by atoms with Crippen LogP contribution in [-0.4, -0.2) is 72.9 Å². The molecule has 2 atom stereocenters. The fourth-order valence-electron chi connectivity index (χ4n) is 3.22. The van der Waals surface area contributed by atoms with Crippen molar-refractivity contribution in [2.24, 2.45) is 10.9 Å². The van der Waals surface area contributed by atoms with Crippen molar-refractivity contribution >= 4 is 45.3 Å². The predicted octanol–water partition coefficient (Wildman–Crippen LogP) is 1.31. The monoisotopic (exact) mass is 616 g/mol. The lowest BCUT2D eigenvalue weighted by Crippen LogP contribution is -2.50. The standard InChI is InChI=1S/C22H26N6O6S.C2HF3O2/c1-13-2-8-16(9-3-13)27-35(32,33)28-19(22(30)31)12-25-20(29)11-17-10-18(26-34-17)14-4-6-15(7-5-14)21(23)24;3-2(4,5)1(6)7/h2-9,17,19,27-28H,10-12H2,1H3,(H3,23,24)(H,25,29)(H,30,31);(H,6,7)/t17?,19-;/m0./s1. The van der Waals surface area contributed by atoms with Gasteiger partial charge in [-0.3, -0.25) is 19.7 Å². The zero-order valence-corrected chi connectivity index (χ0v) is 22.6. The highest BCUT2D eigenvalue weighted by molar-refractivity contribution is 7.90. The van der Waals surface area contributed by atoms with Gasteiger partial charge in [0.2, 0.25) is 5.91 Å². The van der Waals surface area contributed by atoms with Gasteiger partial charge in [0, 0.05) is 24.2 Å². The summed E-state index contributed by atoms with van der Waals surface area (Å²) in [6.45, 7) is 1.38. The Morgan fingerprint density at radius 2 is 1.69 bits per heavy atom. The number of carboxylic acid groups (broad SMARTS) is 2. The first-order valence-corrected chi connectivity index (χ1v) is 13.3. The van der Waals surface area contributed by atoms with Gasteiger partial charge in [-0.15, -0.1) is 0 Å². The summed E-state index contributed by atoms with van der Waals surface area (Å²) in [4.78, 5) is 38.0. The number of carboxylic acids is 2. The zero-order chi connectivity index (χ0) is 31.7. The number of carbonyl (C=O) groups is 3. The summed E-state index contributed by atoms with van der Waals surface area (Å²) < 4.78 is 60.6. The molecule has 18 heteroatoms. The number of aryl methyl sites for hydroxylation is 1. The highest BCUT2D eigenvalue weighted by Crippen LogP contribution is 2.19. The third-order valence-corrected chi connectivity index (χ3v) is 6.42. The van der Waals surface area contributed by atoms with Crippen molar-refractivity contribution in [1.82, 2.24) is 10.0 Å². The van der Waals surface area contributed by atoms with Crippen LogP contribution in [0.3, 0.4) is 0 Å². The molecular weight excluding hydrogens is 589 g/mol. The maximum atomic E-state index is 12.3. The molecular formula is C24H27F3N6O8S. The Morgan fingerprint density at radius 3 is 2.19 bits per heavy atom. The third-order valence-electron chi connectivity index (χ3n) is 5.32. The second-order valence-electron chi connectivity index (χ2n) is 8.75. The fraction of sp³-hybridized carbons (Fsp3) is 0.292. The molecule has 0 spiro atoms. The molecule has 0 aliphatic carbocycles. The van der Waals surface area contributed by atoms with Gasteiger partial charge in [-0.05, 0) is 24.6 Å². The first-order chi connectivity index (χ1) is 19.5. The number of hydrogen-bond donors (Lipinski definition) is 7. The van der Waals surface area contributed by atoms with E-state index in [1.165, 1.54) is 0 Å². The summed E-state index contributed by atoms with van der Waals surface area (Å²) in [7, 11) is -4.20. The van der Waals surface area contributed by atoms with Crippen LogP contribution in [0.25, 0.3) is 0 Å². The van der Waals surface area contributed by atoms with Crippen LogP contribution in [0.4, 0.5) is 18.9 Å². The molecule has 1 aliphatic heterocycles. The van der Waals surface area contributed by atoms with Crippen LogP contribution in [0.1, 0.15) is 29.5 Å². The Morgan fingerprint density at radius 1 is 1.12 bits per heavy atom.